The van der Waals surface area contributed by atoms with Crippen LogP contribution in [-0.4, -0.2) is 16.1 Å². The van der Waals surface area contributed by atoms with Crippen LogP contribution in [0.1, 0.15) is 22.7 Å². The van der Waals surface area contributed by atoms with E-state index in [-0.39, 0.29) is 6.04 Å². The summed E-state index contributed by atoms with van der Waals surface area (Å²) in [6, 6.07) is 63.1. The Morgan fingerprint density at radius 1 is 0.483 bits per heavy atom. The van der Waals surface area contributed by atoms with Gasteiger partial charge < -0.3 is 13.4 Å². The molecule has 1 aliphatic heterocycles. The first-order valence-electron chi connectivity index (χ1n) is 19.5. The van der Waals surface area contributed by atoms with Gasteiger partial charge in [-0.15, -0.1) is 0 Å². The van der Waals surface area contributed by atoms with Gasteiger partial charge >= 0.3 is 0 Å². The van der Waals surface area contributed by atoms with Crippen molar-refractivity contribution in [3.63, 3.8) is 0 Å². The second kappa shape index (κ2) is 12.6. The van der Waals surface area contributed by atoms with Crippen molar-refractivity contribution in [2.45, 2.75) is 6.04 Å². The van der Waals surface area contributed by atoms with Gasteiger partial charge in [0.25, 0.3) is 0 Å². The van der Waals surface area contributed by atoms with Gasteiger partial charge in [-0.2, -0.15) is 0 Å². The minimum atomic E-state index is -0.281. The molecular formula is C53H33N3O2. The third-order valence-electron chi connectivity index (χ3n) is 11.6. The Labute approximate surface area is 333 Å². The van der Waals surface area contributed by atoms with Crippen LogP contribution in [-0.2, 0) is 0 Å². The topological polar surface area (TPSA) is 55.9 Å². The number of benzene rings is 8. The Morgan fingerprint density at radius 2 is 1.14 bits per heavy atom. The van der Waals surface area contributed by atoms with Crippen molar-refractivity contribution < 1.29 is 8.83 Å². The summed E-state index contributed by atoms with van der Waals surface area (Å²) >= 11 is 0. The number of amidine groups is 1. The van der Waals surface area contributed by atoms with E-state index in [2.05, 4.69) is 145 Å². The number of nitrogens with zero attached hydrogens (tertiary/aromatic N) is 3. The van der Waals surface area contributed by atoms with Gasteiger partial charge in [0.05, 0.1) is 22.4 Å². The number of fused-ring (bicyclic) bond motifs is 9. The number of hydrogen-bond acceptors (Lipinski definition) is 4. The first-order chi connectivity index (χ1) is 28.7. The predicted octanol–water partition coefficient (Wildman–Crippen LogP) is 13.8. The summed E-state index contributed by atoms with van der Waals surface area (Å²) in [6.07, 6.45) is 0. The van der Waals surface area contributed by atoms with E-state index in [9.17, 15) is 0 Å². The molecule has 1 aliphatic rings. The van der Waals surface area contributed by atoms with Crippen LogP contribution in [0.3, 0.4) is 0 Å². The SMILES string of the molecule is C=C1C(c2ccccc2)=NC(c2cccc3oc4c(-n5c6ccccc6c6cc(-c7ccc8oc9ccccc9c8c7)ccc65)cccc4c23)=NC1c1ccccc1. The Hall–Kier alpha value is -7.76. The molecule has 0 spiro atoms. The van der Waals surface area contributed by atoms with E-state index in [0.717, 1.165) is 99.7 Å². The second-order valence-corrected chi connectivity index (χ2v) is 14.9. The Kier molecular flexibility index (Phi) is 7.07. The lowest BCUT2D eigenvalue weighted by Crippen LogP contribution is -2.20. The number of hydrogen-bond donors (Lipinski definition) is 0. The number of para-hydroxylation sites is 3. The molecule has 0 saturated heterocycles. The second-order valence-electron chi connectivity index (χ2n) is 14.9. The molecule has 0 aliphatic carbocycles. The van der Waals surface area contributed by atoms with E-state index in [0.29, 0.717) is 5.84 Å². The van der Waals surface area contributed by atoms with Crippen molar-refractivity contribution in [2.24, 2.45) is 9.98 Å². The average Bonchev–Trinajstić information content (AvgIpc) is 3.96. The van der Waals surface area contributed by atoms with Crippen LogP contribution in [0.15, 0.2) is 213 Å². The maximum Gasteiger partial charge on any atom is 0.159 e. The average molecular weight is 744 g/mol. The molecule has 0 amide bonds. The van der Waals surface area contributed by atoms with Gasteiger partial charge in [-0.3, -0.25) is 4.99 Å². The fourth-order valence-electron chi connectivity index (χ4n) is 8.94. The zero-order valence-corrected chi connectivity index (χ0v) is 31.3. The molecule has 0 fully saturated rings. The number of aliphatic imine (C=N–C) groups is 2. The molecule has 1 atom stereocenters. The molecule has 5 nitrogen and oxygen atoms in total. The van der Waals surface area contributed by atoms with Gasteiger partial charge in [-0.25, -0.2) is 4.99 Å². The van der Waals surface area contributed by atoms with Crippen LogP contribution >= 0.6 is 0 Å². The van der Waals surface area contributed by atoms with E-state index in [4.69, 9.17) is 18.8 Å². The lowest BCUT2D eigenvalue weighted by atomic mass is 9.91. The highest BCUT2D eigenvalue weighted by Crippen LogP contribution is 2.42. The molecule has 11 aromatic rings. The first-order valence-corrected chi connectivity index (χ1v) is 19.5. The predicted molar refractivity (Wildman–Crippen MR) is 239 cm³/mol. The standard InChI is InChI=1S/C53H33N3O2/c1-32-50(33-14-4-2-5-15-33)54-53(55-51(32)34-16-6-3-7-17-34)40-21-13-25-48-49(40)39-20-12-23-45(52(39)58-48)56-43-22-10-8-18-37(43)41-30-35(26-28-44(41)56)36-27-29-47-42(31-36)38-19-9-11-24-46(38)57-47/h2-31,50H,1H2. The van der Waals surface area contributed by atoms with Crippen molar-refractivity contribution in [1.29, 1.82) is 0 Å². The van der Waals surface area contributed by atoms with Crippen molar-refractivity contribution in [2.75, 3.05) is 0 Å². The molecule has 0 radical (unpaired) electrons. The van der Waals surface area contributed by atoms with Gasteiger partial charge in [-0.1, -0.05) is 140 Å². The van der Waals surface area contributed by atoms with Gasteiger partial charge in [0, 0.05) is 49.0 Å². The molecule has 0 N–H and O–H groups in total. The fourth-order valence-corrected chi connectivity index (χ4v) is 8.94. The highest BCUT2D eigenvalue weighted by molar-refractivity contribution is 6.26. The normalized spacial score (nSPS) is 14.6. The van der Waals surface area contributed by atoms with Crippen LogP contribution in [0, 0.1) is 0 Å². The maximum atomic E-state index is 6.89. The molecule has 0 bridgehead atoms. The zero-order chi connectivity index (χ0) is 38.3. The zero-order valence-electron chi connectivity index (χ0n) is 31.3. The summed E-state index contributed by atoms with van der Waals surface area (Å²) in [5.74, 6) is 0.657. The number of rotatable bonds is 5. The van der Waals surface area contributed by atoms with Crippen LogP contribution < -0.4 is 0 Å². The Bertz CT molecular complexity index is 3530. The largest absolute Gasteiger partial charge is 0.456 e. The first kappa shape index (κ1) is 32.5. The highest BCUT2D eigenvalue weighted by Gasteiger charge is 2.28. The lowest BCUT2D eigenvalue weighted by Gasteiger charge is -2.24. The summed E-state index contributed by atoms with van der Waals surface area (Å²) in [5.41, 5.74) is 13.6. The molecule has 0 saturated carbocycles. The van der Waals surface area contributed by atoms with E-state index in [1.165, 1.54) is 10.8 Å². The molecule has 4 heterocycles. The Balaban J connectivity index is 1.04. The summed E-state index contributed by atoms with van der Waals surface area (Å²) in [5, 5.41) is 6.58. The van der Waals surface area contributed by atoms with Crippen LogP contribution in [0.5, 0.6) is 0 Å². The van der Waals surface area contributed by atoms with Gasteiger partial charge in [0.2, 0.25) is 0 Å². The van der Waals surface area contributed by atoms with Crippen LogP contribution in [0.2, 0.25) is 0 Å². The third kappa shape index (κ3) is 4.90. The number of furan rings is 2. The van der Waals surface area contributed by atoms with Crippen molar-refractivity contribution in [1.82, 2.24) is 4.57 Å². The molecule has 8 aromatic carbocycles. The summed E-state index contributed by atoms with van der Waals surface area (Å²) < 4.78 is 15.4. The highest BCUT2D eigenvalue weighted by atomic mass is 16.3. The lowest BCUT2D eigenvalue weighted by molar-refractivity contribution is 0.666. The third-order valence-corrected chi connectivity index (χ3v) is 11.6. The van der Waals surface area contributed by atoms with Crippen molar-refractivity contribution in [3.05, 3.63) is 211 Å². The quantitative estimate of drug-likeness (QED) is 0.176. The van der Waals surface area contributed by atoms with E-state index in [1.807, 2.05) is 48.5 Å². The van der Waals surface area contributed by atoms with E-state index in [1.54, 1.807) is 0 Å². The number of aromatic nitrogens is 1. The smallest absolute Gasteiger partial charge is 0.159 e. The van der Waals surface area contributed by atoms with Gasteiger partial charge in [0.15, 0.2) is 11.4 Å². The molecule has 58 heavy (non-hydrogen) atoms. The molecule has 12 rings (SSSR count). The summed E-state index contributed by atoms with van der Waals surface area (Å²) in [7, 11) is 0. The van der Waals surface area contributed by atoms with Gasteiger partial charge in [-0.05, 0) is 65.2 Å². The summed E-state index contributed by atoms with van der Waals surface area (Å²) in [6.45, 7) is 4.53. The molecule has 1 unspecified atom stereocenters. The molecule has 3 aromatic heterocycles. The van der Waals surface area contributed by atoms with Gasteiger partial charge in [0.1, 0.15) is 22.8 Å². The van der Waals surface area contributed by atoms with Crippen molar-refractivity contribution in [3.8, 4) is 16.8 Å². The van der Waals surface area contributed by atoms with E-state index >= 15 is 0 Å². The molecule has 5 heteroatoms. The maximum absolute atomic E-state index is 6.89. The minimum Gasteiger partial charge on any atom is -0.456 e. The van der Waals surface area contributed by atoms with E-state index < -0.39 is 0 Å². The monoisotopic (exact) mass is 743 g/mol. The summed E-state index contributed by atoms with van der Waals surface area (Å²) in [4.78, 5) is 10.6. The Morgan fingerprint density at radius 3 is 2.00 bits per heavy atom. The van der Waals surface area contributed by atoms with Crippen LogP contribution in [0.4, 0.5) is 0 Å². The molecule has 272 valence electrons. The van der Waals surface area contributed by atoms with Crippen molar-refractivity contribution >= 4 is 77.2 Å². The fraction of sp³-hybridized carbons (Fsp3) is 0.0189. The minimum absolute atomic E-state index is 0.281. The molecular weight excluding hydrogens is 711 g/mol. The van der Waals surface area contributed by atoms with Crippen LogP contribution in [0.25, 0.3) is 82.5 Å².